The van der Waals surface area contributed by atoms with E-state index in [0.717, 1.165) is 4.90 Å². The third kappa shape index (κ3) is 6.16. The SMILES string of the molecule is COc1ccc(Cl)cc1NC(=O)CSc1ccc(NC(=O)c2cccc(Cl)c2)cc1. The number of benzene rings is 3. The molecule has 2 amide bonds. The Kier molecular flexibility index (Phi) is 7.63. The number of halogens is 2. The van der Waals surface area contributed by atoms with Gasteiger partial charge in [0.1, 0.15) is 5.75 Å². The van der Waals surface area contributed by atoms with Crippen LogP contribution in [0.25, 0.3) is 0 Å². The Hall–Kier alpha value is -2.67. The molecule has 5 nitrogen and oxygen atoms in total. The Balaban J connectivity index is 1.54. The molecule has 0 aliphatic heterocycles. The molecule has 0 atom stereocenters. The van der Waals surface area contributed by atoms with Gasteiger partial charge in [-0.3, -0.25) is 9.59 Å². The molecule has 0 aliphatic rings. The lowest BCUT2D eigenvalue weighted by molar-refractivity contribution is -0.113. The Bertz CT molecular complexity index is 1060. The zero-order valence-electron chi connectivity index (χ0n) is 15.9. The molecule has 0 bridgehead atoms. The van der Waals surface area contributed by atoms with Crippen LogP contribution in [0.5, 0.6) is 5.75 Å². The molecule has 3 rings (SSSR count). The lowest BCUT2D eigenvalue weighted by Gasteiger charge is -2.10. The average molecular weight is 461 g/mol. The van der Waals surface area contributed by atoms with Gasteiger partial charge in [-0.25, -0.2) is 0 Å². The van der Waals surface area contributed by atoms with Crippen LogP contribution in [0.3, 0.4) is 0 Å². The number of rotatable bonds is 7. The molecule has 0 unspecified atom stereocenters. The van der Waals surface area contributed by atoms with E-state index in [2.05, 4.69) is 10.6 Å². The van der Waals surface area contributed by atoms with Gasteiger partial charge in [0.25, 0.3) is 5.91 Å². The quantitative estimate of drug-likeness (QED) is 0.425. The second kappa shape index (κ2) is 10.4. The van der Waals surface area contributed by atoms with E-state index in [0.29, 0.717) is 32.7 Å². The Labute approximate surface area is 188 Å². The van der Waals surface area contributed by atoms with Crippen molar-refractivity contribution in [3.8, 4) is 5.75 Å². The Morgan fingerprint density at radius 1 is 0.933 bits per heavy atom. The van der Waals surface area contributed by atoms with Crippen molar-refractivity contribution in [3.63, 3.8) is 0 Å². The van der Waals surface area contributed by atoms with Crippen LogP contribution < -0.4 is 15.4 Å². The number of ether oxygens (including phenoxy) is 1. The highest BCUT2D eigenvalue weighted by Crippen LogP contribution is 2.28. The van der Waals surface area contributed by atoms with E-state index >= 15 is 0 Å². The molecule has 3 aromatic carbocycles. The van der Waals surface area contributed by atoms with Crippen molar-refractivity contribution in [2.45, 2.75) is 4.90 Å². The lowest BCUT2D eigenvalue weighted by Crippen LogP contribution is -2.14. The van der Waals surface area contributed by atoms with E-state index in [1.807, 2.05) is 12.1 Å². The first-order valence-electron chi connectivity index (χ1n) is 8.88. The standard InChI is InChI=1S/C22H18Cl2N2O3S/c1-29-20-10-5-16(24)12-19(20)26-21(27)13-30-18-8-6-17(7-9-18)25-22(28)14-3-2-4-15(23)11-14/h2-12H,13H2,1H3,(H,25,28)(H,26,27). The maximum absolute atomic E-state index is 12.3. The summed E-state index contributed by atoms with van der Waals surface area (Å²) in [6.45, 7) is 0. The van der Waals surface area contributed by atoms with Crippen LogP contribution in [0.15, 0.2) is 71.6 Å². The number of thioether (sulfide) groups is 1. The van der Waals surface area contributed by atoms with Crippen molar-refractivity contribution >= 4 is 58.2 Å². The van der Waals surface area contributed by atoms with E-state index < -0.39 is 0 Å². The molecule has 0 aliphatic carbocycles. The molecular formula is C22H18Cl2N2O3S. The topological polar surface area (TPSA) is 67.4 Å². The van der Waals surface area contributed by atoms with Gasteiger partial charge in [-0.2, -0.15) is 0 Å². The summed E-state index contributed by atoms with van der Waals surface area (Å²) in [5.41, 5.74) is 1.65. The molecule has 0 saturated heterocycles. The first kappa shape index (κ1) is 22.0. The Morgan fingerprint density at radius 3 is 2.37 bits per heavy atom. The monoisotopic (exact) mass is 460 g/mol. The predicted octanol–water partition coefficient (Wildman–Crippen LogP) is 5.99. The van der Waals surface area contributed by atoms with Crippen molar-refractivity contribution < 1.29 is 14.3 Å². The molecule has 30 heavy (non-hydrogen) atoms. The smallest absolute Gasteiger partial charge is 0.255 e. The number of hydrogen-bond acceptors (Lipinski definition) is 4. The van der Waals surface area contributed by atoms with E-state index in [4.69, 9.17) is 27.9 Å². The van der Waals surface area contributed by atoms with Gasteiger partial charge in [0.15, 0.2) is 0 Å². The van der Waals surface area contributed by atoms with Gasteiger partial charge >= 0.3 is 0 Å². The predicted molar refractivity (Wildman–Crippen MR) is 123 cm³/mol. The molecule has 0 heterocycles. The summed E-state index contributed by atoms with van der Waals surface area (Å²) < 4.78 is 5.23. The van der Waals surface area contributed by atoms with E-state index in [-0.39, 0.29) is 17.6 Å². The summed E-state index contributed by atoms with van der Waals surface area (Å²) in [5.74, 6) is 0.327. The molecule has 0 radical (unpaired) electrons. The molecule has 0 aromatic heterocycles. The van der Waals surface area contributed by atoms with Gasteiger partial charge in [-0.15, -0.1) is 11.8 Å². The van der Waals surface area contributed by atoms with E-state index in [1.54, 1.807) is 54.6 Å². The van der Waals surface area contributed by atoms with Gasteiger partial charge in [-0.05, 0) is 60.7 Å². The van der Waals surface area contributed by atoms with Gasteiger partial charge in [0.05, 0.1) is 18.6 Å². The van der Waals surface area contributed by atoms with E-state index in [9.17, 15) is 9.59 Å². The highest BCUT2D eigenvalue weighted by molar-refractivity contribution is 8.00. The van der Waals surface area contributed by atoms with Crippen LogP contribution in [0.2, 0.25) is 10.0 Å². The minimum absolute atomic E-state index is 0.182. The van der Waals surface area contributed by atoms with Crippen LogP contribution >= 0.6 is 35.0 Å². The molecule has 8 heteroatoms. The maximum atomic E-state index is 12.3. The fourth-order valence-electron chi connectivity index (χ4n) is 2.58. The number of carbonyl (C=O) groups is 2. The maximum Gasteiger partial charge on any atom is 0.255 e. The summed E-state index contributed by atoms with van der Waals surface area (Å²) >= 11 is 13.3. The van der Waals surface area contributed by atoms with Crippen molar-refractivity contribution in [2.24, 2.45) is 0 Å². The third-order valence-corrected chi connectivity index (χ3v) is 5.49. The zero-order chi connectivity index (χ0) is 21.5. The number of hydrogen-bond donors (Lipinski definition) is 2. The van der Waals surface area contributed by atoms with Crippen LogP contribution in [-0.4, -0.2) is 24.7 Å². The number of methoxy groups -OCH3 is 1. The van der Waals surface area contributed by atoms with Gasteiger partial charge in [0, 0.05) is 26.2 Å². The van der Waals surface area contributed by atoms with Crippen molar-refractivity contribution in [3.05, 3.63) is 82.3 Å². The summed E-state index contributed by atoms with van der Waals surface area (Å²) in [6.07, 6.45) is 0. The Morgan fingerprint density at radius 2 is 1.67 bits per heavy atom. The van der Waals surface area contributed by atoms with Crippen molar-refractivity contribution in [1.82, 2.24) is 0 Å². The second-order valence-corrected chi connectivity index (χ2v) is 8.09. The van der Waals surface area contributed by atoms with Crippen LogP contribution in [0.4, 0.5) is 11.4 Å². The summed E-state index contributed by atoms with van der Waals surface area (Å²) in [7, 11) is 1.53. The molecule has 154 valence electrons. The molecule has 3 aromatic rings. The number of nitrogens with one attached hydrogen (secondary N) is 2. The van der Waals surface area contributed by atoms with Crippen molar-refractivity contribution in [1.29, 1.82) is 0 Å². The molecular weight excluding hydrogens is 443 g/mol. The first-order valence-corrected chi connectivity index (χ1v) is 10.6. The van der Waals surface area contributed by atoms with Crippen LogP contribution in [0, 0.1) is 0 Å². The minimum Gasteiger partial charge on any atom is -0.495 e. The zero-order valence-corrected chi connectivity index (χ0v) is 18.3. The molecule has 0 saturated carbocycles. The fourth-order valence-corrected chi connectivity index (χ4v) is 3.64. The van der Waals surface area contributed by atoms with Crippen LogP contribution in [0.1, 0.15) is 10.4 Å². The minimum atomic E-state index is -0.243. The lowest BCUT2D eigenvalue weighted by atomic mass is 10.2. The molecule has 0 spiro atoms. The third-order valence-electron chi connectivity index (χ3n) is 4.00. The number of amides is 2. The first-order chi connectivity index (χ1) is 14.4. The summed E-state index contributed by atoms with van der Waals surface area (Å²) in [6, 6.07) is 19.0. The summed E-state index contributed by atoms with van der Waals surface area (Å²) in [4.78, 5) is 25.4. The highest BCUT2D eigenvalue weighted by Gasteiger charge is 2.10. The molecule has 2 N–H and O–H groups in total. The summed E-state index contributed by atoms with van der Waals surface area (Å²) in [5, 5.41) is 6.62. The van der Waals surface area contributed by atoms with Gasteiger partial charge in [-0.1, -0.05) is 29.3 Å². The fraction of sp³-hybridized carbons (Fsp3) is 0.0909. The number of anilines is 2. The highest BCUT2D eigenvalue weighted by atomic mass is 35.5. The van der Waals surface area contributed by atoms with E-state index in [1.165, 1.54) is 18.9 Å². The average Bonchev–Trinajstić information content (AvgIpc) is 2.73. The van der Waals surface area contributed by atoms with Gasteiger partial charge in [0.2, 0.25) is 5.91 Å². The van der Waals surface area contributed by atoms with Gasteiger partial charge < -0.3 is 15.4 Å². The second-order valence-electron chi connectivity index (χ2n) is 6.17. The van der Waals surface area contributed by atoms with Crippen molar-refractivity contribution in [2.75, 3.05) is 23.5 Å². The van der Waals surface area contributed by atoms with Crippen LogP contribution in [-0.2, 0) is 4.79 Å². The molecule has 0 fully saturated rings. The largest absolute Gasteiger partial charge is 0.495 e. The number of carbonyl (C=O) groups excluding carboxylic acids is 2. The normalized spacial score (nSPS) is 10.4.